The molecule has 0 spiro atoms. The number of carbonyl (C=O) groups is 1. The summed E-state index contributed by atoms with van der Waals surface area (Å²) < 4.78 is 0. The molecule has 4 nitrogen and oxygen atoms in total. The maximum atomic E-state index is 10.1. The van der Waals surface area contributed by atoms with E-state index in [1.807, 2.05) is 18.3 Å². The lowest BCUT2D eigenvalue weighted by Gasteiger charge is -1.96. The van der Waals surface area contributed by atoms with Crippen molar-refractivity contribution in [2.45, 2.75) is 0 Å². The molecule has 0 aliphatic carbocycles. The highest BCUT2D eigenvalue weighted by atomic mass is 16.1. The summed E-state index contributed by atoms with van der Waals surface area (Å²) in [4.78, 5) is 17.1. The predicted octanol–water partition coefficient (Wildman–Crippen LogP) is 1.13. The largest absolute Gasteiger partial charge is 0.346 e. The van der Waals surface area contributed by atoms with Crippen LogP contribution in [0.25, 0.3) is 11.0 Å². The van der Waals surface area contributed by atoms with E-state index in [2.05, 4.69) is 15.3 Å². The van der Waals surface area contributed by atoms with Gasteiger partial charge in [0.2, 0.25) is 6.41 Å². The van der Waals surface area contributed by atoms with Crippen LogP contribution in [0.2, 0.25) is 0 Å². The first-order valence-electron chi connectivity index (χ1n) is 3.53. The second-order valence-corrected chi connectivity index (χ2v) is 2.40. The van der Waals surface area contributed by atoms with Crippen molar-refractivity contribution >= 4 is 23.1 Å². The first kappa shape index (κ1) is 6.84. The van der Waals surface area contributed by atoms with E-state index in [9.17, 15) is 4.79 Å². The van der Waals surface area contributed by atoms with Crippen LogP contribution < -0.4 is 5.32 Å². The van der Waals surface area contributed by atoms with Gasteiger partial charge in [0.15, 0.2) is 0 Å². The molecule has 0 fully saturated rings. The fourth-order valence-corrected chi connectivity index (χ4v) is 1.09. The number of aromatic nitrogens is 2. The second-order valence-electron chi connectivity index (χ2n) is 2.40. The standard InChI is InChI=1S/C8H7N3O/c12-5-11-7-3-6-1-2-9-8(6)10-4-7/h1-5H,(H,9,10)(H,11,12). The molecule has 0 aromatic carbocycles. The van der Waals surface area contributed by atoms with Crippen molar-refractivity contribution < 1.29 is 4.79 Å². The zero-order valence-electron chi connectivity index (χ0n) is 6.24. The maximum Gasteiger partial charge on any atom is 0.211 e. The van der Waals surface area contributed by atoms with Gasteiger partial charge in [0.25, 0.3) is 0 Å². The Morgan fingerprint density at radius 3 is 3.33 bits per heavy atom. The van der Waals surface area contributed by atoms with Crippen molar-refractivity contribution in [3.8, 4) is 0 Å². The molecule has 0 aliphatic heterocycles. The fraction of sp³-hybridized carbons (Fsp3) is 0. The van der Waals surface area contributed by atoms with Gasteiger partial charge in [0, 0.05) is 11.6 Å². The maximum absolute atomic E-state index is 10.1. The van der Waals surface area contributed by atoms with E-state index in [0.29, 0.717) is 12.1 Å². The van der Waals surface area contributed by atoms with E-state index >= 15 is 0 Å². The van der Waals surface area contributed by atoms with Crippen molar-refractivity contribution in [2.75, 3.05) is 5.32 Å². The third-order valence-electron chi connectivity index (χ3n) is 1.63. The normalized spacial score (nSPS) is 10.0. The lowest BCUT2D eigenvalue weighted by atomic mass is 10.3. The molecule has 0 atom stereocenters. The fourth-order valence-electron chi connectivity index (χ4n) is 1.09. The highest BCUT2D eigenvalue weighted by Gasteiger charge is 1.96. The third-order valence-corrected chi connectivity index (χ3v) is 1.63. The molecule has 2 N–H and O–H groups in total. The van der Waals surface area contributed by atoms with E-state index in [0.717, 1.165) is 11.0 Å². The minimum atomic E-state index is 0.634. The van der Waals surface area contributed by atoms with Crippen LogP contribution in [0.5, 0.6) is 0 Å². The van der Waals surface area contributed by atoms with Crippen molar-refractivity contribution in [2.24, 2.45) is 0 Å². The minimum absolute atomic E-state index is 0.634. The lowest BCUT2D eigenvalue weighted by molar-refractivity contribution is -0.105. The van der Waals surface area contributed by atoms with Crippen LogP contribution >= 0.6 is 0 Å². The van der Waals surface area contributed by atoms with E-state index in [-0.39, 0.29) is 0 Å². The van der Waals surface area contributed by atoms with E-state index in [4.69, 9.17) is 0 Å². The number of anilines is 1. The second kappa shape index (κ2) is 2.65. The van der Waals surface area contributed by atoms with Crippen molar-refractivity contribution in [3.05, 3.63) is 24.5 Å². The van der Waals surface area contributed by atoms with Crippen LogP contribution in [0.3, 0.4) is 0 Å². The molecule has 2 rings (SSSR count). The van der Waals surface area contributed by atoms with Gasteiger partial charge in [-0.1, -0.05) is 0 Å². The Balaban J connectivity index is 2.52. The summed E-state index contributed by atoms with van der Waals surface area (Å²) in [6.45, 7) is 0. The van der Waals surface area contributed by atoms with Gasteiger partial charge in [-0.3, -0.25) is 4.79 Å². The molecule has 0 saturated carbocycles. The molecule has 0 unspecified atom stereocenters. The molecule has 0 saturated heterocycles. The van der Waals surface area contributed by atoms with Crippen LogP contribution in [-0.2, 0) is 4.79 Å². The molecule has 4 heteroatoms. The zero-order chi connectivity index (χ0) is 8.39. The van der Waals surface area contributed by atoms with Gasteiger partial charge in [0.05, 0.1) is 11.9 Å². The van der Waals surface area contributed by atoms with Gasteiger partial charge in [-0.25, -0.2) is 4.98 Å². The smallest absolute Gasteiger partial charge is 0.211 e. The number of hydrogen-bond donors (Lipinski definition) is 2. The summed E-state index contributed by atoms with van der Waals surface area (Å²) in [6.07, 6.45) is 4.05. The Kier molecular flexibility index (Phi) is 1.51. The predicted molar refractivity (Wildman–Crippen MR) is 45.8 cm³/mol. The van der Waals surface area contributed by atoms with Crippen molar-refractivity contribution in [3.63, 3.8) is 0 Å². The molecule has 0 radical (unpaired) electrons. The summed E-state index contributed by atoms with van der Waals surface area (Å²) >= 11 is 0. The molecule has 1 amide bonds. The number of aromatic amines is 1. The Morgan fingerprint density at radius 2 is 2.50 bits per heavy atom. The SMILES string of the molecule is O=CNc1cnc2[nH]ccc2c1. The van der Waals surface area contributed by atoms with Gasteiger partial charge in [-0.15, -0.1) is 0 Å². The molecule has 60 valence electrons. The Morgan fingerprint density at radius 1 is 1.58 bits per heavy atom. The lowest BCUT2D eigenvalue weighted by Crippen LogP contribution is -1.93. The monoisotopic (exact) mass is 161 g/mol. The molecule has 0 aliphatic rings. The third kappa shape index (κ3) is 1.03. The number of pyridine rings is 1. The number of rotatable bonds is 2. The Labute approximate surface area is 68.6 Å². The van der Waals surface area contributed by atoms with Crippen LogP contribution in [0, 0.1) is 0 Å². The average Bonchev–Trinajstić information content (AvgIpc) is 2.51. The average molecular weight is 161 g/mol. The molecule has 0 bridgehead atoms. The quantitative estimate of drug-likeness (QED) is 0.648. The molecular formula is C8H7N3O. The van der Waals surface area contributed by atoms with Gasteiger partial charge >= 0.3 is 0 Å². The van der Waals surface area contributed by atoms with Gasteiger partial charge in [-0.05, 0) is 12.1 Å². The van der Waals surface area contributed by atoms with Crippen LogP contribution in [-0.4, -0.2) is 16.4 Å². The Bertz CT molecular complexity index is 407. The highest BCUT2D eigenvalue weighted by molar-refractivity contribution is 5.82. The molecule has 2 heterocycles. The van der Waals surface area contributed by atoms with Gasteiger partial charge in [-0.2, -0.15) is 0 Å². The van der Waals surface area contributed by atoms with E-state index in [1.54, 1.807) is 6.20 Å². The van der Waals surface area contributed by atoms with Crippen molar-refractivity contribution in [1.82, 2.24) is 9.97 Å². The highest BCUT2D eigenvalue weighted by Crippen LogP contribution is 2.13. The summed E-state index contributed by atoms with van der Waals surface area (Å²) in [7, 11) is 0. The first-order chi connectivity index (χ1) is 5.90. The molecule has 2 aromatic heterocycles. The number of amides is 1. The number of fused-ring (bicyclic) bond motifs is 1. The van der Waals surface area contributed by atoms with Gasteiger partial charge in [0.1, 0.15) is 5.65 Å². The Hall–Kier alpha value is -1.84. The number of carbonyl (C=O) groups excluding carboxylic acids is 1. The summed E-state index contributed by atoms with van der Waals surface area (Å²) in [5.74, 6) is 0. The minimum Gasteiger partial charge on any atom is -0.346 e. The van der Waals surface area contributed by atoms with Crippen LogP contribution in [0.4, 0.5) is 5.69 Å². The van der Waals surface area contributed by atoms with Gasteiger partial charge < -0.3 is 10.3 Å². The molecule has 2 aromatic rings. The first-order valence-corrected chi connectivity index (χ1v) is 3.53. The van der Waals surface area contributed by atoms with Crippen molar-refractivity contribution in [1.29, 1.82) is 0 Å². The van der Waals surface area contributed by atoms with Crippen LogP contribution in [0.15, 0.2) is 24.5 Å². The molecular weight excluding hydrogens is 154 g/mol. The summed E-state index contributed by atoms with van der Waals surface area (Å²) in [6, 6.07) is 3.76. The summed E-state index contributed by atoms with van der Waals surface area (Å²) in [5, 5.41) is 3.52. The zero-order valence-corrected chi connectivity index (χ0v) is 6.24. The molecule has 12 heavy (non-hydrogen) atoms. The van der Waals surface area contributed by atoms with E-state index < -0.39 is 0 Å². The number of H-pyrrole nitrogens is 1. The number of hydrogen-bond acceptors (Lipinski definition) is 2. The number of nitrogens with one attached hydrogen (secondary N) is 2. The topological polar surface area (TPSA) is 57.8 Å². The van der Waals surface area contributed by atoms with E-state index in [1.165, 1.54) is 0 Å². The number of nitrogens with zero attached hydrogens (tertiary/aromatic N) is 1. The summed E-state index contributed by atoms with van der Waals surface area (Å²) in [5.41, 5.74) is 1.53. The van der Waals surface area contributed by atoms with Crippen LogP contribution in [0.1, 0.15) is 0 Å².